The normalized spacial score (nSPS) is 11.8. The average Bonchev–Trinajstić information content (AvgIpc) is 3.06. The minimum absolute atomic E-state index is 0.00423. The van der Waals surface area contributed by atoms with Crippen LogP contribution in [-0.4, -0.2) is 17.2 Å². The topological polar surface area (TPSA) is 64.4 Å². The maximum absolute atomic E-state index is 13.6. The van der Waals surface area contributed by atoms with Crippen LogP contribution in [-0.2, 0) is 4.79 Å². The molecule has 128 valence electrons. The summed E-state index contributed by atoms with van der Waals surface area (Å²) in [7, 11) is 0. The lowest BCUT2D eigenvalue weighted by Gasteiger charge is -2.13. The van der Waals surface area contributed by atoms with Gasteiger partial charge in [-0.3, -0.25) is 10.1 Å². The lowest BCUT2D eigenvalue weighted by molar-refractivity contribution is -0.122. The third kappa shape index (κ3) is 4.16. The van der Waals surface area contributed by atoms with E-state index in [1.165, 1.54) is 19.1 Å². The number of nitrogens with zero attached hydrogens (tertiary/aromatic N) is 1. The number of para-hydroxylation sites is 1. The van der Waals surface area contributed by atoms with Crippen molar-refractivity contribution in [3.63, 3.8) is 0 Å². The Morgan fingerprint density at radius 3 is 2.68 bits per heavy atom. The number of carbonyl (C=O) groups is 1. The van der Waals surface area contributed by atoms with Gasteiger partial charge in [0.15, 0.2) is 17.7 Å². The summed E-state index contributed by atoms with van der Waals surface area (Å²) in [6, 6.07) is 14.5. The molecular weight excluding hydrogens is 347 g/mol. The van der Waals surface area contributed by atoms with E-state index in [1.807, 2.05) is 0 Å². The Kier molecular flexibility index (Phi) is 5.00. The van der Waals surface area contributed by atoms with E-state index in [0.29, 0.717) is 10.7 Å². The summed E-state index contributed by atoms with van der Waals surface area (Å²) in [6.45, 7) is 1.51. The van der Waals surface area contributed by atoms with Crippen LogP contribution in [0.3, 0.4) is 0 Å². The molecule has 5 nitrogen and oxygen atoms in total. The first-order valence-corrected chi connectivity index (χ1v) is 7.85. The Balaban J connectivity index is 1.65. The predicted octanol–water partition coefficient (Wildman–Crippen LogP) is 4.54. The summed E-state index contributed by atoms with van der Waals surface area (Å²) in [5, 5.41) is 7.05. The molecule has 3 rings (SSSR count). The second kappa shape index (κ2) is 7.36. The molecule has 7 heteroatoms. The fourth-order valence-corrected chi connectivity index (χ4v) is 2.22. The Morgan fingerprint density at radius 2 is 1.96 bits per heavy atom. The van der Waals surface area contributed by atoms with Crippen LogP contribution in [0.25, 0.3) is 11.3 Å². The van der Waals surface area contributed by atoms with Crippen LogP contribution in [0.1, 0.15) is 6.92 Å². The molecule has 25 heavy (non-hydrogen) atoms. The van der Waals surface area contributed by atoms with Gasteiger partial charge >= 0.3 is 0 Å². The van der Waals surface area contributed by atoms with Crippen LogP contribution in [0.2, 0.25) is 5.02 Å². The second-order valence-corrected chi connectivity index (χ2v) is 5.70. The Labute approximate surface area is 148 Å². The molecule has 0 aliphatic heterocycles. The SMILES string of the molecule is C[C@@H](Oc1ccccc1F)C(=O)Nc1cc(-c2ccc(Cl)cc2)no1. The summed E-state index contributed by atoms with van der Waals surface area (Å²) in [6.07, 6.45) is -0.916. The van der Waals surface area contributed by atoms with Gasteiger partial charge in [-0.25, -0.2) is 4.39 Å². The monoisotopic (exact) mass is 360 g/mol. The number of aromatic nitrogens is 1. The minimum Gasteiger partial charge on any atom is -0.478 e. The molecule has 0 saturated carbocycles. The third-order valence-electron chi connectivity index (χ3n) is 3.41. The minimum atomic E-state index is -0.916. The van der Waals surface area contributed by atoms with Crippen molar-refractivity contribution in [2.24, 2.45) is 0 Å². The Bertz CT molecular complexity index is 880. The van der Waals surface area contributed by atoms with Gasteiger partial charge in [-0.1, -0.05) is 41.0 Å². The fourth-order valence-electron chi connectivity index (χ4n) is 2.10. The van der Waals surface area contributed by atoms with Crippen LogP contribution >= 0.6 is 11.6 Å². The summed E-state index contributed by atoms with van der Waals surface area (Å²) in [4.78, 5) is 12.2. The molecule has 1 N–H and O–H groups in total. The summed E-state index contributed by atoms with van der Waals surface area (Å²) in [5.74, 6) is -0.850. The van der Waals surface area contributed by atoms with Crippen molar-refractivity contribution in [1.82, 2.24) is 5.16 Å². The summed E-state index contributed by atoms with van der Waals surface area (Å²) in [5.41, 5.74) is 1.35. The number of rotatable bonds is 5. The summed E-state index contributed by atoms with van der Waals surface area (Å²) < 4.78 is 24.0. The van der Waals surface area contributed by atoms with Gasteiger partial charge < -0.3 is 9.26 Å². The van der Waals surface area contributed by atoms with E-state index in [-0.39, 0.29) is 11.6 Å². The number of carbonyl (C=O) groups excluding carboxylic acids is 1. The highest BCUT2D eigenvalue weighted by molar-refractivity contribution is 6.30. The summed E-state index contributed by atoms with van der Waals surface area (Å²) >= 11 is 5.84. The van der Waals surface area contributed by atoms with Gasteiger partial charge in [-0.15, -0.1) is 0 Å². The highest BCUT2D eigenvalue weighted by Crippen LogP contribution is 2.24. The van der Waals surface area contributed by atoms with Crippen LogP contribution in [0, 0.1) is 5.82 Å². The molecule has 0 aliphatic carbocycles. The number of nitrogens with one attached hydrogen (secondary N) is 1. The molecule has 0 unspecified atom stereocenters. The molecule has 1 heterocycles. The number of hydrogen-bond acceptors (Lipinski definition) is 4. The molecule has 0 saturated heterocycles. The zero-order valence-electron chi connectivity index (χ0n) is 13.2. The number of amides is 1. The number of anilines is 1. The van der Waals surface area contributed by atoms with Gasteiger partial charge in [0.25, 0.3) is 5.91 Å². The van der Waals surface area contributed by atoms with Crippen molar-refractivity contribution < 1.29 is 18.4 Å². The van der Waals surface area contributed by atoms with Crippen molar-refractivity contribution in [3.8, 4) is 17.0 Å². The van der Waals surface area contributed by atoms with Crippen molar-refractivity contribution in [2.45, 2.75) is 13.0 Å². The van der Waals surface area contributed by atoms with E-state index >= 15 is 0 Å². The van der Waals surface area contributed by atoms with Crippen molar-refractivity contribution in [3.05, 3.63) is 65.4 Å². The molecule has 1 atom stereocenters. The molecular formula is C18H14ClFN2O3. The molecule has 0 radical (unpaired) electrons. The van der Waals surface area contributed by atoms with Crippen LogP contribution in [0.15, 0.2) is 59.1 Å². The van der Waals surface area contributed by atoms with Crippen molar-refractivity contribution in [2.75, 3.05) is 5.32 Å². The van der Waals surface area contributed by atoms with E-state index in [9.17, 15) is 9.18 Å². The Morgan fingerprint density at radius 1 is 1.24 bits per heavy atom. The molecule has 3 aromatic rings. The predicted molar refractivity (Wildman–Crippen MR) is 92.1 cm³/mol. The van der Waals surface area contributed by atoms with Crippen LogP contribution in [0.5, 0.6) is 5.75 Å². The van der Waals surface area contributed by atoms with Crippen molar-refractivity contribution >= 4 is 23.4 Å². The van der Waals surface area contributed by atoms with Crippen molar-refractivity contribution in [1.29, 1.82) is 0 Å². The maximum atomic E-state index is 13.6. The highest BCUT2D eigenvalue weighted by atomic mass is 35.5. The number of ether oxygens (including phenoxy) is 1. The molecule has 0 fully saturated rings. The molecule has 0 spiro atoms. The van der Waals surface area contributed by atoms with Gasteiger partial charge in [0.1, 0.15) is 5.69 Å². The van der Waals surface area contributed by atoms with Gasteiger partial charge in [0.05, 0.1) is 0 Å². The zero-order valence-corrected chi connectivity index (χ0v) is 14.0. The number of benzene rings is 2. The smallest absolute Gasteiger partial charge is 0.267 e. The maximum Gasteiger partial charge on any atom is 0.267 e. The molecule has 0 bridgehead atoms. The molecule has 1 amide bonds. The number of halogens is 2. The van der Waals surface area contributed by atoms with Crippen LogP contribution < -0.4 is 10.1 Å². The van der Waals surface area contributed by atoms with E-state index < -0.39 is 17.8 Å². The van der Waals surface area contributed by atoms with Gasteiger partial charge in [-0.2, -0.15) is 0 Å². The molecule has 2 aromatic carbocycles. The first kappa shape index (κ1) is 17.0. The molecule has 0 aliphatic rings. The first-order valence-electron chi connectivity index (χ1n) is 7.47. The largest absolute Gasteiger partial charge is 0.478 e. The van der Waals surface area contributed by atoms with E-state index in [0.717, 1.165) is 5.56 Å². The zero-order chi connectivity index (χ0) is 17.8. The average molecular weight is 361 g/mol. The second-order valence-electron chi connectivity index (χ2n) is 5.26. The van der Waals surface area contributed by atoms with Gasteiger partial charge in [0, 0.05) is 16.7 Å². The standard InChI is InChI=1S/C18H14ClFN2O3/c1-11(24-16-5-3-2-4-14(16)20)18(23)21-17-10-15(22-25-17)12-6-8-13(19)9-7-12/h2-11H,1H3,(H,21,23)/t11-/m1/s1. The van der Waals surface area contributed by atoms with E-state index in [2.05, 4.69) is 10.5 Å². The first-order chi connectivity index (χ1) is 12.0. The lowest BCUT2D eigenvalue weighted by Crippen LogP contribution is -2.30. The number of hydrogen-bond donors (Lipinski definition) is 1. The van der Waals surface area contributed by atoms with Gasteiger partial charge in [0.2, 0.25) is 5.88 Å². The van der Waals surface area contributed by atoms with E-state index in [1.54, 1.807) is 42.5 Å². The Hall–Kier alpha value is -2.86. The third-order valence-corrected chi connectivity index (χ3v) is 3.66. The molecule has 1 aromatic heterocycles. The highest BCUT2D eigenvalue weighted by Gasteiger charge is 2.18. The quantitative estimate of drug-likeness (QED) is 0.725. The van der Waals surface area contributed by atoms with Crippen LogP contribution in [0.4, 0.5) is 10.3 Å². The van der Waals surface area contributed by atoms with Gasteiger partial charge in [-0.05, 0) is 31.2 Å². The fraction of sp³-hybridized carbons (Fsp3) is 0.111. The van der Waals surface area contributed by atoms with E-state index in [4.69, 9.17) is 20.9 Å². The lowest BCUT2D eigenvalue weighted by atomic mass is 10.1.